The zero-order chi connectivity index (χ0) is 13.1. The number of carbonyl (C=O) groups excluding carboxylic acids is 1. The van der Waals surface area contributed by atoms with Crippen LogP contribution in [-0.2, 0) is 4.79 Å². The minimum Gasteiger partial charge on any atom is -0.368 e. The fourth-order valence-electron chi connectivity index (χ4n) is 2.39. The number of amides is 1. The first-order valence-electron chi connectivity index (χ1n) is 6.08. The van der Waals surface area contributed by atoms with Crippen LogP contribution in [0.1, 0.15) is 37.3 Å². The van der Waals surface area contributed by atoms with E-state index in [0.29, 0.717) is 10.0 Å². The molecule has 2 rings (SSSR count). The van der Waals surface area contributed by atoms with Gasteiger partial charge in [0.05, 0.1) is 0 Å². The van der Waals surface area contributed by atoms with Crippen molar-refractivity contribution in [2.24, 2.45) is 5.73 Å². The third-order valence-electron chi connectivity index (χ3n) is 3.32. The van der Waals surface area contributed by atoms with Crippen LogP contribution in [0, 0.1) is 5.82 Å². The monoisotopic (exact) mass is 314 g/mol. The molecule has 1 aliphatic carbocycles. The van der Waals surface area contributed by atoms with Crippen LogP contribution in [0.3, 0.4) is 0 Å². The SMILES string of the molecule is NC(=O)C(NC1CCCC1)c1ccc(Br)cc1F. The lowest BCUT2D eigenvalue weighted by molar-refractivity contribution is -0.120. The molecule has 1 aromatic rings. The summed E-state index contributed by atoms with van der Waals surface area (Å²) < 4.78 is 14.5. The van der Waals surface area contributed by atoms with Crippen LogP contribution in [0.25, 0.3) is 0 Å². The van der Waals surface area contributed by atoms with E-state index in [1.165, 1.54) is 6.07 Å². The van der Waals surface area contributed by atoms with Crippen molar-refractivity contribution in [2.75, 3.05) is 0 Å². The van der Waals surface area contributed by atoms with Crippen molar-refractivity contribution in [2.45, 2.75) is 37.8 Å². The molecular weight excluding hydrogens is 299 g/mol. The molecule has 0 aromatic heterocycles. The summed E-state index contributed by atoms with van der Waals surface area (Å²) >= 11 is 3.19. The van der Waals surface area contributed by atoms with Crippen molar-refractivity contribution < 1.29 is 9.18 Å². The van der Waals surface area contributed by atoms with E-state index in [-0.39, 0.29) is 6.04 Å². The molecule has 1 aliphatic rings. The van der Waals surface area contributed by atoms with Gasteiger partial charge in [0.1, 0.15) is 11.9 Å². The second-order valence-corrected chi connectivity index (χ2v) is 5.56. The average Bonchev–Trinajstić information content (AvgIpc) is 2.79. The van der Waals surface area contributed by atoms with Gasteiger partial charge in [0, 0.05) is 16.1 Å². The molecule has 1 fully saturated rings. The Morgan fingerprint density at radius 2 is 2.11 bits per heavy atom. The predicted molar refractivity (Wildman–Crippen MR) is 71.4 cm³/mol. The van der Waals surface area contributed by atoms with Gasteiger partial charge in [0.25, 0.3) is 0 Å². The molecule has 18 heavy (non-hydrogen) atoms. The number of hydrogen-bond acceptors (Lipinski definition) is 2. The van der Waals surface area contributed by atoms with Gasteiger partial charge in [-0.2, -0.15) is 0 Å². The topological polar surface area (TPSA) is 55.1 Å². The van der Waals surface area contributed by atoms with Crippen molar-refractivity contribution in [1.29, 1.82) is 0 Å². The summed E-state index contributed by atoms with van der Waals surface area (Å²) in [5.41, 5.74) is 5.69. The first-order chi connectivity index (χ1) is 8.58. The molecule has 5 heteroatoms. The molecule has 1 saturated carbocycles. The van der Waals surface area contributed by atoms with Crippen molar-refractivity contribution in [3.63, 3.8) is 0 Å². The van der Waals surface area contributed by atoms with Gasteiger partial charge in [0.2, 0.25) is 5.91 Å². The Labute approximate surface area is 114 Å². The summed E-state index contributed by atoms with van der Waals surface area (Å²) in [5, 5.41) is 3.16. The average molecular weight is 315 g/mol. The highest BCUT2D eigenvalue weighted by molar-refractivity contribution is 9.10. The van der Waals surface area contributed by atoms with Crippen LogP contribution in [0.15, 0.2) is 22.7 Å². The summed E-state index contributed by atoms with van der Waals surface area (Å²) in [6.45, 7) is 0. The van der Waals surface area contributed by atoms with E-state index < -0.39 is 17.8 Å². The van der Waals surface area contributed by atoms with E-state index in [9.17, 15) is 9.18 Å². The van der Waals surface area contributed by atoms with Gasteiger partial charge in [0.15, 0.2) is 0 Å². The van der Waals surface area contributed by atoms with Crippen LogP contribution in [0.5, 0.6) is 0 Å². The molecule has 0 radical (unpaired) electrons. The van der Waals surface area contributed by atoms with E-state index in [4.69, 9.17) is 5.73 Å². The number of nitrogens with two attached hydrogens (primary N) is 1. The lowest BCUT2D eigenvalue weighted by atomic mass is 10.0. The second kappa shape index (κ2) is 5.80. The Morgan fingerprint density at radius 3 is 2.67 bits per heavy atom. The Hall–Kier alpha value is -0.940. The minimum absolute atomic E-state index is 0.255. The number of nitrogens with one attached hydrogen (secondary N) is 1. The van der Waals surface area contributed by atoms with Gasteiger partial charge >= 0.3 is 0 Å². The van der Waals surface area contributed by atoms with E-state index >= 15 is 0 Å². The number of rotatable bonds is 4. The van der Waals surface area contributed by atoms with Crippen LogP contribution in [0.4, 0.5) is 4.39 Å². The van der Waals surface area contributed by atoms with Crippen LogP contribution in [0.2, 0.25) is 0 Å². The van der Waals surface area contributed by atoms with Gasteiger partial charge in [-0.15, -0.1) is 0 Å². The molecule has 1 aromatic carbocycles. The zero-order valence-corrected chi connectivity index (χ0v) is 11.5. The van der Waals surface area contributed by atoms with Gasteiger partial charge < -0.3 is 5.73 Å². The smallest absolute Gasteiger partial charge is 0.239 e. The number of primary amides is 1. The van der Waals surface area contributed by atoms with E-state index in [2.05, 4.69) is 21.2 Å². The highest BCUT2D eigenvalue weighted by Crippen LogP contribution is 2.25. The quantitative estimate of drug-likeness (QED) is 0.897. The summed E-state index contributed by atoms with van der Waals surface area (Å²) in [6.07, 6.45) is 4.32. The molecular formula is C13H16BrFN2O. The summed E-state index contributed by atoms with van der Waals surface area (Å²) in [5.74, 6) is -0.957. The summed E-state index contributed by atoms with van der Waals surface area (Å²) in [6, 6.07) is 4.16. The maximum Gasteiger partial charge on any atom is 0.239 e. The Bertz CT molecular complexity index is 447. The first-order valence-corrected chi connectivity index (χ1v) is 6.87. The first kappa shape index (κ1) is 13.5. The molecule has 1 amide bonds. The normalized spacial score (nSPS) is 17.9. The van der Waals surface area contributed by atoms with Gasteiger partial charge in [-0.25, -0.2) is 4.39 Å². The Morgan fingerprint density at radius 1 is 1.44 bits per heavy atom. The maximum atomic E-state index is 13.9. The van der Waals surface area contributed by atoms with Crippen molar-refractivity contribution in [1.82, 2.24) is 5.32 Å². The molecule has 0 bridgehead atoms. The molecule has 0 aliphatic heterocycles. The van der Waals surface area contributed by atoms with E-state index in [1.54, 1.807) is 12.1 Å². The van der Waals surface area contributed by atoms with E-state index in [1.807, 2.05) is 0 Å². The number of benzene rings is 1. The maximum absolute atomic E-state index is 13.9. The van der Waals surface area contributed by atoms with Crippen LogP contribution >= 0.6 is 15.9 Å². The molecule has 1 unspecified atom stereocenters. The molecule has 0 spiro atoms. The lowest BCUT2D eigenvalue weighted by Gasteiger charge is -2.21. The fraction of sp³-hybridized carbons (Fsp3) is 0.462. The number of carbonyl (C=O) groups is 1. The fourth-order valence-corrected chi connectivity index (χ4v) is 2.72. The molecule has 3 nitrogen and oxygen atoms in total. The molecule has 0 heterocycles. The molecule has 1 atom stereocenters. The largest absolute Gasteiger partial charge is 0.368 e. The lowest BCUT2D eigenvalue weighted by Crippen LogP contribution is -2.39. The van der Waals surface area contributed by atoms with Gasteiger partial charge in [-0.1, -0.05) is 34.8 Å². The number of hydrogen-bond donors (Lipinski definition) is 2. The van der Waals surface area contributed by atoms with Gasteiger partial charge in [-0.05, 0) is 25.0 Å². The van der Waals surface area contributed by atoms with Gasteiger partial charge in [-0.3, -0.25) is 10.1 Å². The third kappa shape index (κ3) is 3.09. The highest BCUT2D eigenvalue weighted by Gasteiger charge is 2.26. The zero-order valence-electron chi connectivity index (χ0n) is 9.96. The van der Waals surface area contributed by atoms with E-state index in [0.717, 1.165) is 25.7 Å². The molecule has 0 saturated heterocycles. The van der Waals surface area contributed by atoms with Crippen molar-refractivity contribution in [3.8, 4) is 0 Å². The van der Waals surface area contributed by atoms with Crippen LogP contribution < -0.4 is 11.1 Å². The minimum atomic E-state index is -0.749. The predicted octanol–water partition coefficient (Wildman–Crippen LogP) is 2.65. The third-order valence-corrected chi connectivity index (χ3v) is 3.81. The highest BCUT2D eigenvalue weighted by atomic mass is 79.9. The molecule has 98 valence electrons. The summed E-state index contributed by atoms with van der Waals surface area (Å²) in [4.78, 5) is 11.5. The Balaban J connectivity index is 2.20. The van der Waals surface area contributed by atoms with Crippen molar-refractivity contribution in [3.05, 3.63) is 34.1 Å². The van der Waals surface area contributed by atoms with Crippen LogP contribution in [-0.4, -0.2) is 11.9 Å². The summed E-state index contributed by atoms with van der Waals surface area (Å²) in [7, 11) is 0. The molecule has 3 N–H and O–H groups in total. The van der Waals surface area contributed by atoms with Crippen molar-refractivity contribution >= 4 is 21.8 Å². The number of halogens is 2. The second-order valence-electron chi connectivity index (χ2n) is 4.65. The standard InChI is InChI=1S/C13H16BrFN2O/c14-8-5-6-10(11(15)7-8)12(13(16)18)17-9-3-1-2-4-9/h5-7,9,12,17H,1-4H2,(H2,16,18). The Kier molecular flexibility index (Phi) is 4.35.